The normalized spacial score (nSPS) is 10.2. The maximum atomic E-state index is 6.74. The van der Waals surface area contributed by atoms with E-state index in [1.54, 1.807) is 0 Å². The largest absolute Gasteiger partial charge is 0.312 e. The van der Waals surface area contributed by atoms with Crippen molar-refractivity contribution in [2.24, 2.45) is 0 Å². The van der Waals surface area contributed by atoms with Crippen molar-refractivity contribution in [2.75, 3.05) is 0 Å². The number of hydrogen-bond donors (Lipinski definition) is 1. The molecule has 0 unspecified atom stereocenters. The van der Waals surface area contributed by atoms with Gasteiger partial charge in [0.05, 0.1) is 5.56 Å². The second-order valence-electron chi connectivity index (χ2n) is 2.88. The van der Waals surface area contributed by atoms with Crippen molar-refractivity contribution >= 4 is 11.6 Å². The van der Waals surface area contributed by atoms with Crippen molar-refractivity contribution in [3.63, 3.8) is 0 Å². The molecule has 1 N–H and O–H groups in total. The summed E-state index contributed by atoms with van der Waals surface area (Å²) in [6, 6.07) is 0. The zero-order chi connectivity index (χ0) is 9.14. The molecule has 64 valence electrons. The van der Waals surface area contributed by atoms with Gasteiger partial charge in [-0.1, -0.05) is 25.4 Å². The number of H-pyrrole nitrogens is 1. The van der Waals surface area contributed by atoms with Crippen LogP contribution in [0.15, 0.2) is 0 Å². The van der Waals surface area contributed by atoms with Gasteiger partial charge >= 0.3 is 0 Å². The average Bonchev–Trinajstić information content (AvgIpc) is 2.34. The van der Waals surface area contributed by atoms with Gasteiger partial charge in [-0.05, 0) is 5.92 Å². The number of halogens is 1. The molecule has 0 aliphatic carbocycles. The second kappa shape index (κ2) is 3.59. The summed E-state index contributed by atoms with van der Waals surface area (Å²) < 4.78 is 0. The molecule has 0 aliphatic heterocycles. The van der Waals surface area contributed by atoms with Gasteiger partial charge in [-0.2, -0.15) is 5.10 Å². The van der Waals surface area contributed by atoms with Crippen molar-refractivity contribution in [3.05, 3.63) is 27.8 Å². The molecule has 0 amide bonds. The van der Waals surface area contributed by atoms with Crippen molar-refractivity contribution in [1.29, 1.82) is 0 Å². The summed E-state index contributed by atoms with van der Waals surface area (Å²) in [7, 11) is 0. The summed E-state index contributed by atoms with van der Waals surface area (Å²) in [5.41, 5.74) is 1.80. The Labute approximate surface area is 76.6 Å². The van der Waals surface area contributed by atoms with Crippen LogP contribution in [-0.2, 0) is 6.54 Å². The van der Waals surface area contributed by atoms with E-state index < -0.39 is 0 Å². The van der Waals surface area contributed by atoms with Gasteiger partial charge in [-0.25, -0.2) is 6.57 Å². The molecule has 1 aromatic rings. The van der Waals surface area contributed by atoms with Crippen molar-refractivity contribution in [3.8, 4) is 0 Å². The van der Waals surface area contributed by atoms with E-state index in [1.807, 2.05) is 13.8 Å². The Morgan fingerprint density at radius 1 is 1.67 bits per heavy atom. The Morgan fingerprint density at radius 3 is 2.83 bits per heavy atom. The van der Waals surface area contributed by atoms with Crippen LogP contribution in [0.3, 0.4) is 0 Å². The highest BCUT2D eigenvalue weighted by molar-refractivity contribution is 6.30. The van der Waals surface area contributed by atoms with Crippen LogP contribution in [0.5, 0.6) is 0 Å². The molecule has 0 radical (unpaired) electrons. The minimum atomic E-state index is 0.308. The molecule has 1 aromatic heterocycles. The Hall–Kier alpha value is -1.01. The molecule has 1 heterocycles. The molecule has 0 aliphatic rings. The van der Waals surface area contributed by atoms with Gasteiger partial charge in [0.25, 0.3) is 0 Å². The van der Waals surface area contributed by atoms with Crippen molar-refractivity contribution in [1.82, 2.24) is 10.2 Å². The van der Waals surface area contributed by atoms with Crippen LogP contribution in [-0.4, -0.2) is 10.2 Å². The summed E-state index contributed by atoms with van der Waals surface area (Å²) in [6.45, 7) is 11.1. The quantitative estimate of drug-likeness (QED) is 0.703. The molecule has 0 fully saturated rings. The zero-order valence-electron chi connectivity index (χ0n) is 7.06. The SMILES string of the molecule is [C-]#[N+]Cc1c(Cl)n[nH]c1C(C)C. The van der Waals surface area contributed by atoms with Gasteiger partial charge in [-0.3, -0.25) is 5.10 Å². The van der Waals surface area contributed by atoms with Crippen LogP contribution >= 0.6 is 11.6 Å². The predicted octanol–water partition coefficient (Wildman–Crippen LogP) is 2.61. The first-order valence-electron chi connectivity index (χ1n) is 3.72. The summed E-state index contributed by atoms with van der Waals surface area (Å²) in [5, 5.41) is 7.11. The van der Waals surface area contributed by atoms with E-state index in [2.05, 4.69) is 15.0 Å². The molecular formula is C8H10ClN3. The van der Waals surface area contributed by atoms with Gasteiger partial charge in [0.2, 0.25) is 6.54 Å². The van der Waals surface area contributed by atoms with Crippen LogP contribution < -0.4 is 0 Å². The van der Waals surface area contributed by atoms with Crippen molar-refractivity contribution in [2.45, 2.75) is 26.3 Å². The Balaban J connectivity index is 3.05. The lowest BCUT2D eigenvalue weighted by Crippen LogP contribution is -1.92. The first kappa shape index (κ1) is 9.08. The van der Waals surface area contributed by atoms with Gasteiger partial charge < -0.3 is 4.85 Å². The number of rotatable bonds is 2. The molecule has 0 saturated heterocycles. The molecule has 3 nitrogen and oxygen atoms in total. The minimum absolute atomic E-state index is 0.308. The van der Waals surface area contributed by atoms with Crippen LogP contribution in [0.2, 0.25) is 5.15 Å². The van der Waals surface area contributed by atoms with Crippen molar-refractivity contribution < 1.29 is 0 Å². The van der Waals surface area contributed by atoms with E-state index in [0.717, 1.165) is 11.3 Å². The highest BCUT2D eigenvalue weighted by Gasteiger charge is 2.15. The first-order valence-corrected chi connectivity index (χ1v) is 4.10. The third-order valence-corrected chi connectivity index (χ3v) is 1.98. The van der Waals surface area contributed by atoms with Crippen LogP contribution in [0.25, 0.3) is 4.85 Å². The molecule has 0 aromatic carbocycles. The summed E-state index contributed by atoms with van der Waals surface area (Å²) in [6.07, 6.45) is 0. The zero-order valence-corrected chi connectivity index (χ0v) is 7.81. The van der Waals surface area contributed by atoms with E-state index in [9.17, 15) is 0 Å². The summed E-state index contributed by atoms with van der Waals surface area (Å²) in [5.74, 6) is 0.335. The van der Waals surface area contributed by atoms with E-state index in [-0.39, 0.29) is 0 Å². The van der Waals surface area contributed by atoms with Crippen LogP contribution in [0.4, 0.5) is 0 Å². The molecule has 0 atom stereocenters. The van der Waals surface area contributed by atoms with E-state index in [4.69, 9.17) is 18.2 Å². The highest BCUT2D eigenvalue weighted by atomic mass is 35.5. The topological polar surface area (TPSA) is 33.0 Å². The average molecular weight is 184 g/mol. The summed E-state index contributed by atoms with van der Waals surface area (Å²) in [4.78, 5) is 3.29. The fourth-order valence-electron chi connectivity index (χ4n) is 1.06. The number of aromatic nitrogens is 2. The molecule has 0 saturated carbocycles. The summed E-state index contributed by atoms with van der Waals surface area (Å²) >= 11 is 5.78. The van der Waals surface area contributed by atoms with E-state index in [0.29, 0.717) is 17.6 Å². The number of aromatic amines is 1. The van der Waals surface area contributed by atoms with Crippen LogP contribution in [0.1, 0.15) is 31.0 Å². The Kier molecular flexibility index (Phi) is 2.72. The van der Waals surface area contributed by atoms with Gasteiger partial charge in [0.15, 0.2) is 5.15 Å². The fraction of sp³-hybridized carbons (Fsp3) is 0.500. The Bertz CT molecular complexity index is 309. The lowest BCUT2D eigenvalue weighted by molar-refractivity contribution is 0.800. The lowest BCUT2D eigenvalue weighted by atomic mass is 10.1. The van der Waals surface area contributed by atoms with E-state index in [1.165, 1.54) is 0 Å². The molecule has 12 heavy (non-hydrogen) atoms. The molecule has 0 spiro atoms. The van der Waals surface area contributed by atoms with Gasteiger partial charge in [0.1, 0.15) is 0 Å². The predicted molar refractivity (Wildman–Crippen MR) is 48.0 cm³/mol. The van der Waals surface area contributed by atoms with Gasteiger partial charge in [0, 0.05) is 5.69 Å². The third kappa shape index (κ3) is 1.59. The first-order chi connectivity index (χ1) is 5.66. The van der Waals surface area contributed by atoms with E-state index >= 15 is 0 Å². The Morgan fingerprint density at radius 2 is 2.33 bits per heavy atom. The maximum absolute atomic E-state index is 6.74. The molecule has 0 bridgehead atoms. The minimum Gasteiger partial charge on any atom is -0.312 e. The number of nitrogens with one attached hydrogen (secondary N) is 1. The second-order valence-corrected chi connectivity index (χ2v) is 3.24. The number of hydrogen-bond acceptors (Lipinski definition) is 1. The number of nitrogens with zero attached hydrogens (tertiary/aromatic N) is 2. The molecule has 1 rings (SSSR count). The highest BCUT2D eigenvalue weighted by Crippen LogP contribution is 2.23. The maximum Gasteiger partial charge on any atom is 0.244 e. The van der Waals surface area contributed by atoms with Crippen LogP contribution in [0, 0.1) is 6.57 Å². The molecular weight excluding hydrogens is 174 g/mol. The monoisotopic (exact) mass is 183 g/mol. The standard InChI is InChI=1S/C8H10ClN3/c1-5(2)7-6(4-10-3)8(9)12-11-7/h5H,4H2,1-2H3,(H,11,12). The van der Waals surface area contributed by atoms with Gasteiger partial charge in [-0.15, -0.1) is 0 Å². The lowest BCUT2D eigenvalue weighted by Gasteiger charge is -2.00. The molecule has 4 heteroatoms. The third-order valence-electron chi connectivity index (χ3n) is 1.66. The fourth-order valence-corrected chi connectivity index (χ4v) is 1.27. The smallest absolute Gasteiger partial charge is 0.244 e.